The van der Waals surface area contributed by atoms with Crippen LogP contribution in [0.2, 0.25) is 0 Å². The molecule has 88 valence electrons. The highest BCUT2D eigenvalue weighted by Crippen LogP contribution is 2.37. The zero-order valence-corrected chi connectivity index (χ0v) is 9.72. The van der Waals surface area contributed by atoms with Crippen molar-refractivity contribution in [2.45, 2.75) is 32.6 Å². The molecule has 3 N–H and O–H groups in total. The Hall–Kier alpha value is -1.25. The Morgan fingerprint density at radius 1 is 1.38 bits per heavy atom. The molecule has 0 saturated heterocycles. The summed E-state index contributed by atoms with van der Waals surface area (Å²) in [7, 11) is 0. The fourth-order valence-corrected chi connectivity index (χ4v) is 2.41. The molecule has 0 aliphatic heterocycles. The minimum atomic E-state index is -0.346. The van der Waals surface area contributed by atoms with Crippen LogP contribution in [0.5, 0.6) is 0 Å². The summed E-state index contributed by atoms with van der Waals surface area (Å²) in [5, 5.41) is 3.27. The molecule has 1 fully saturated rings. The van der Waals surface area contributed by atoms with E-state index in [9.17, 15) is 4.39 Å². The molecule has 0 amide bonds. The lowest BCUT2D eigenvalue weighted by Gasteiger charge is -2.24. The van der Waals surface area contributed by atoms with E-state index in [1.807, 2.05) is 6.07 Å². The van der Waals surface area contributed by atoms with E-state index in [0.717, 1.165) is 6.54 Å². The van der Waals surface area contributed by atoms with E-state index in [2.05, 4.69) is 12.2 Å². The van der Waals surface area contributed by atoms with Gasteiger partial charge >= 0.3 is 0 Å². The van der Waals surface area contributed by atoms with E-state index >= 15 is 0 Å². The number of rotatable bonds is 3. The number of nitrogen functional groups attached to an aromatic ring is 1. The first-order chi connectivity index (χ1) is 7.61. The molecular formula is C13H19FN2. The van der Waals surface area contributed by atoms with Gasteiger partial charge in [-0.05, 0) is 30.4 Å². The number of para-hydroxylation sites is 1. The molecule has 3 heteroatoms. The first-order valence-electron chi connectivity index (χ1n) is 5.89. The third-order valence-corrected chi connectivity index (χ3v) is 3.57. The summed E-state index contributed by atoms with van der Waals surface area (Å²) in [6, 6.07) is 4.90. The molecule has 0 radical (unpaired) electrons. The molecule has 0 spiro atoms. The Labute approximate surface area is 96.0 Å². The standard InChI is InChI=1S/C13H19FN2/c1-13(7-2-3-8-13)9-16-11-6-4-5-10(14)12(11)15/h4-6,16H,2-3,7-9,15H2,1H3. The summed E-state index contributed by atoms with van der Waals surface area (Å²) in [6.45, 7) is 3.16. The summed E-state index contributed by atoms with van der Waals surface area (Å²) < 4.78 is 13.2. The lowest BCUT2D eigenvalue weighted by atomic mass is 9.89. The van der Waals surface area contributed by atoms with Gasteiger partial charge in [0.2, 0.25) is 0 Å². The van der Waals surface area contributed by atoms with Crippen molar-refractivity contribution in [1.29, 1.82) is 0 Å². The van der Waals surface area contributed by atoms with Crippen LogP contribution in [-0.4, -0.2) is 6.54 Å². The fraction of sp³-hybridized carbons (Fsp3) is 0.538. The van der Waals surface area contributed by atoms with Gasteiger partial charge < -0.3 is 11.1 Å². The van der Waals surface area contributed by atoms with Crippen LogP contribution >= 0.6 is 0 Å². The van der Waals surface area contributed by atoms with E-state index in [4.69, 9.17) is 5.73 Å². The van der Waals surface area contributed by atoms with Crippen LogP contribution in [-0.2, 0) is 0 Å². The Bertz CT molecular complexity index is 370. The Balaban J connectivity index is 2.02. The molecule has 0 aromatic heterocycles. The first kappa shape index (κ1) is 11.2. The molecule has 1 aromatic rings. The second kappa shape index (κ2) is 4.32. The van der Waals surface area contributed by atoms with Crippen LogP contribution in [0.15, 0.2) is 18.2 Å². The number of benzene rings is 1. The lowest BCUT2D eigenvalue weighted by Crippen LogP contribution is -2.23. The number of nitrogens with two attached hydrogens (primary N) is 1. The second-order valence-electron chi connectivity index (χ2n) is 5.07. The fourth-order valence-electron chi connectivity index (χ4n) is 2.41. The van der Waals surface area contributed by atoms with Gasteiger partial charge in [-0.3, -0.25) is 0 Å². The van der Waals surface area contributed by atoms with Crippen molar-refractivity contribution in [1.82, 2.24) is 0 Å². The van der Waals surface area contributed by atoms with Crippen molar-refractivity contribution in [3.05, 3.63) is 24.0 Å². The average Bonchev–Trinajstić information content (AvgIpc) is 2.68. The van der Waals surface area contributed by atoms with Gasteiger partial charge in [-0.1, -0.05) is 25.8 Å². The number of anilines is 2. The molecule has 1 aliphatic rings. The van der Waals surface area contributed by atoms with E-state index in [1.54, 1.807) is 6.07 Å². The molecule has 0 unspecified atom stereocenters. The summed E-state index contributed by atoms with van der Waals surface area (Å²) in [4.78, 5) is 0. The van der Waals surface area contributed by atoms with Crippen molar-refractivity contribution in [2.75, 3.05) is 17.6 Å². The smallest absolute Gasteiger partial charge is 0.148 e. The summed E-state index contributed by atoms with van der Waals surface area (Å²) >= 11 is 0. The van der Waals surface area contributed by atoms with E-state index in [1.165, 1.54) is 31.7 Å². The van der Waals surface area contributed by atoms with Gasteiger partial charge in [-0.2, -0.15) is 0 Å². The van der Waals surface area contributed by atoms with Gasteiger partial charge in [-0.15, -0.1) is 0 Å². The highest BCUT2D eigenvalue weighted by molar-refractivity contribution is 5.66. The van der Waals surface area contributed by atoms with Crippen molar-refractivity contribution < 1.29 is 4.39 Å². The van der Waals surface area contributed by atoms with Gasteiger partial charge in [0.1, 0.15) is 5.82 Å². The third kappa shape index (κ3) is 2.29. The third-order valence-electron chi connectivity index (χ3n) is 3.57. The van der Waals surface area contributed by atoms with Crippen molar-refractivity contribution in [3.63, 3.8) is 0 Å². The van der Waals surface area contributed by atoms with Gasteiger partial charge in [-0.25, -0.2) is 4.39 Å². The summed E-state index contributed by atoms with van der Waals surface area (Å²) in [6.07, 6.45) is 5.10. The number of nitrogens with one attached hydrogen (secondary N) is 1. The molecule has 2 nitrogen and oxygen atoms in total. The molecule has 2 rings (SSSR count). The predicted octanol–water partition coefficient (Wildman–Crippen LogP) is 3.40. The molecular weight excluding hydrogens is 203 g/mol. The molecule has 0 atom stereocenters. The second-order valence-corrected chi connectivity index (χ2v) is 5.07. The van der Waals surface area contributed by atoms with Crippen LogP contribution in [0.3, 0.4) is 0 Å². The topological polar surface area (TPSA) is 38.0 Å². The van der Waals surface area contributed by atoms with Crippen LogP contribution in [0.4, 0.5) is 15.8 Å². The van der Waals surface area contributed by atoms with E-state index < -0.39 is 0 Å². The van der Waals surface area contributed by atoms with Gasteiger partial charge in [0.15, 0.2) is 0 Å². The first-order valence-corrected chi connectivity index (χ1v) is 5.89. The van der Waals surface area contributed by atoms with Crippen LogP contribution < -0.4 is 11.1 Å². The van der Waals surface area contributed by atoms with Crippen LogP contribution in [0.1, 0.15) is 32.6 Å². The number of halogens is 1. The van der Waals surface area contributed by atoms with Crippen LogP contribution in [0, 0.1) is 11.2 Å². The quantitative estimate of drug-likeness (QED) is 0.769. The molecule has 0 bridgehead atoms. The van der Waals surface area contributed by atoms with Crippen molar-refractivity contribution in [2.24, 2.45) is 5.41 Å². The van der Waals surface area contributed by atoms with Gasteiger partial charge in [0.05, 0.1) is 11.4 Å². The predicted molar refractivity (Wildman–Crippen MR) is 65.9 cm³/mol. The maximum atomic E-state index is 13.2. The highest BCUT2D eigenvalue weighted by atomic mass is 19.1. The summed E-state index contributed by atoms with van der Waals surface area (Å²) in [5.41, 5.74) is 6.96. The summed E-state index contributed by atoms with van der Waals surface area (Å²) in [5.74, 6) is -0.346. The van der Waals surface area contributed by atoms with E-state index in [-0.39, 0.29) is 11.5 Å². The lowest BCUT2D eigenvalue weighted by molar-refractivity contribution is 0.362. The molecule has 1 aromatic carbocycles. The highest BCUT2D eigenvalue weighted by Gasteiger charge is 2.28. The van der Waals surface area contributed by atoms with E-state index in [0.29, 0.717) is 11.1 Å². The normalized spacial score (nSPS) is 18.6. The molecule has 1 saturated carbocycles. The SMILES string of the molecule is CC1(CNc2cccc(F)c2N)CCCC1. The largest absolute Gasteiger partial charge is 0.395 e. The average molecular weight is 222 g/mol. The van der Waals surface area contributed by atoms with Crippen molar-refractivity contribution >= 4 is 11.4 Å². The zero-order chi connectivity index (χ0) is 11.6. The minimum Gasteiger partial charge on any atom is -0.395 e. The maximum Gasteiger partial charge on any atom is 0.148 e. The molecule has 0 heterocycles. The monoisotopic (exact) mass is 222 g/mol. The number of hydrogen-bond acceptors (Lipinski definition) is 2. The maximum absolute atomic E-state index is 13.2. The van der Waals surface area contributed by atoms with Crippen LogP contribution in [0.25, 0.3) is 0 Å². The van der Waals surface area contributed by atoms with Gasteiger partial charge in [0.25, 0.3) is 0 Å². The molecule has 16 heavy (non-hydrogen) atoms. The number of hydrogen-bond donors (Lipinski definition) is 2. The zero-order valence-electron chi connectivity index (χ0n) is 9.72. The Morgan fingerprint density at radius 2 is 2.06 bits per heavy atom. The minimum absolute atomic E-state index is 0.226. The van der Waals surface area contributed by atoms with Gasteiger partial charge in [0, 0.05) is 6.54 Å². The van der Waals surface area contributed by atoms with Crippen molar-refractivity contribution in [3.8, 4) is 0 Å². The Morgan fingerprint density at radius 3 is 2.75 bits per heavy atom. The Kier molecular flexibility index (Phi) is 3.03. The molecule has 1 aliphatic carbocycles.